The number of halogens is 1. The normalized spacial score (nSPS) is 19.7. The molecule has 2 aromatic heterocycles. The molecule has 3 N–H and O–H groups in total. The number of anilines is 3. The highest BCUT2D eigenvalue weighted by Crippen LogP contribution is 2.25. The first-order valence-corrected chi connectivity index (χ1v) is 8.99. The molecule has 0 aliphatic heterocycles. The van der Waals surface area contributed by atoms with E-state index in [1.165, 1.54) is 0 Å². The van der Waals surface area contributed by atoms with Gasteiger partial charge in [0.1, 0.15) is 11.0 Å². The number of rotatable bonds is 6. The lowest BCUT2D eigenvalue weighted by Crippen LogP contribution is -2.36. The molecule has 3 rings (SSSR count). The van der Waals surface area contributed by atoms with Crippen molar-refractivity contribution < 1.29 is 5.11 Å². The predicted octanol–water partition coefficient (Wildman–Crippen LogP) is 2.44. The van der Waals surface area contributed by atoms with Crippen LogP contribution in [-0.2, 0) is 0 Å². The summed E-state index contributed by atoms with van der Waals surface area (Å²) in [5.74, 6) is 1.85. The molecule has 0 bridgehead atoms. The Labute approximate surface area is 160 Å². The van der Waals surface area contributed by atoms with Gasteiger partial charge in [-0.1, -0.05) is 19.8 Å². The smallest absolute Gasteiger partial charge is 0.225 e. The Morgan fingerprint density at radius 1 is 1.15 bits per heavy atom. The Bertz CT molecular complexity index is 728. The second-order valence-electron chi connectivity index (χ2n) is 6.72. The highest BCUT2D eigenvalue weighted by Gasteiger charge is 2.24. The van der Waals surface area contributed by atoms with E-state index in [0.717, 1.165) is 44.5 Å². The third-order valence-electron chi connectivity index (χ3n) is 4.42. The maximum atomic E-state index is 10.1. The largest absolute Gasteiger partial charge is 0.391 e. The van der Waals surface area contributed by atoms with Crippen molar-refractivity contribution in [2.45, 2.75) is 51.2 Å². The maximum absolute atomic E-state index is 10.1. The molecule has 0 radical (unpaired) electrons. The summed E-state index contributed by atoms with van der Waals surface area (Å²) < 4.78 is 0. The third-order valence-corrected chi connectivity index (χ3v) is 4.42. The van der Waals surface area contributed by atoms with Crippen molar-refractivity contribution in [2.24, 2.45) is 0 Å². The number of aliphatic hydroxyl groups excluding tert-OH is 1. The summed E-state index contributed by atoms with van der Waals surface area (Å²) in [5, 5.41) is 16.6. The van der Waals surface area contributed by atoms with Crippen LogP contribution in [0.3, 0.4) is 0 Å². The molecule has 0 amide bonds. The van der Waals surface area contributed by atoms with Gasteiger partial charge in [0, 0.05) is 20.6 Å². The lowest BCUT2D eigenvalue weighted by Gasteiger charge is -2.28. The number of aliphatic hydroxyl groups is 1. The fourth-order valence-electron chi connectivity index (χ4n) is 3.06. The second kappa shape index (κ2) is 9.14. The molecule has 0 saturated heterocycles. The van der Waals surface area contributed by atoms with Gasteiger partial charge < -0.3 is 20.6 Å². The van der Waals surface area contributed by atoms with Crippen molar-refractivity contribution in [3.8, 4) is 0 Å². The van der Waals surface area contributed by atoms with E-state index < -0.39 is 0 Å². The van der Waals surface area contributed by atoms with E-state index >= 15 is 0 Å². The first-order chi connectivity index (χ1) is 12.1. The number of nitrogens with one attached hydrogen (secondary N) is 2. The zero-order valence-electron chi connectivity index (χ0n) is 15.6. The van der Waals surface area contributed by atoms with E-state index in [4.69, 9.17) is 0 Å². The fraction of sp³-hybridized carbons (Fsp3) is 0.647. The Morgan fingerprint density at radius 3 is 2.62 bits per heavy atom. The van der Waals surface area contributed by atoms with Crippen molar-refractivity contribution in [1.29, 1.82) is 0 Å². The van der Waals surface area contributed by atoms with Gasteiger partial charge in [0.15, 0.2) is 5.82 Å². The number of nitrogens with zero attached hydrogens (tertiary/aromatic N) is 5. The molecule has 8 nitrogen and oxygen atoms in total. The van der Waals surface area contributed by atoms with E-state index in [-0.39, 0.29) is 24.6 Å². The Balaban J connectivity index is 0.00000243. The van der Waals surface area contributed by atoms with Crippen LogP contribution in [0.5, 0.6) is 0 Å². The minimum Gasteiger partial charge on any atom is -0.391 e. The summed E-state index contributed by atoms with van der Waals surface area (Å²) in [6.07, 6.45) is 6.31. The molecule has 1 aliphatic carbocycles. The van der Waals surface area contributed by atoms with Gasteiger partial charge in [0.25, 0.3) is 0 Å². The predicted molar refractivity (Wildman–Crippen MR) is 107 cm³/mol. The second-order valence-corrected chi connectivity index (χ2v) is 6.72. The van der Waals surface area contributed by atoms with Crippen LogP contribution in [0.4, 0.5) is 17.7 Å². The maximum Gasteiger partial charge on any atom is 0.225 e. The van der Waals surface area contributed by atoms with Gasteiger partial charge in [0.05, 0.1) is 18.3 Å². The first kappa shape index (κ1) is 20.4. The molecular weight excluding hydrogens is 354 g/mol. The molecule has 9 heteroatoms. The summed E-state index contributed by atoms with van der Waals surface area (Å²) in [6, 6.07) is 0.000388. The monoisotopic (exact) mass is 381 g/mol. The zero-order valence-corrected chi connectivity index (χ0v) is 16.4. The summed E-state index contributed by atoms with van der Waals surface area (Å²) in [6.45, 7) is 2.92. The topological polar surface area (TPSA) is 99.1 Å². The molecule has 2 aromatic rings. The van der Waals surface area contributed by atoms with Gasteiger partial charge in [0.2, 0.25) is 11.9 Å². The van der Waals surface area contributed by atoms with Gasteiger partial charge in [-0.2, -0.15) is 4.98 Å². The summed E-state index contributed by atoms with van der Waals surface area (Å²) >= 11 is 0. The van der Waals surface area contributed by atoms with Crippen LogP contribution in [0.1, 0.15) is 39.0 Å². The molecule has 0 spiro atoms. The van der Waals surface area contributed by atoms with Crippen LogP contribution in [0.2, 0.25) is 0 Å². The van der Waals surface area contributed by atoms with Crippen LogP contribution in [0.15, 0.2) is 6.20 Å². The third kappa shape index (κ3) is 4.62. The highest BCUT2D eigenvalue weighted by molar-refractivity contribution is 5.86. The molecule has 2 atom stereocenters. The molecule has 144 valence electrons. The molecule has 1 fully saturated rings. The van der Waals surface area contributed by atoms with Crippen LogP contribution in [0.25, 0.3) is 11.0 Å². The summed E-state index contributed by atoms with van der Waals surface area (Å²) in [7, 11) is 3.87. The quantitative estimate of drug-likeness (QED) is 0.701. The average molecular weight is 382 g/mol. The van der Waals surface area contributed by atoms with Gasteiger partial charge in [-0.15, -0.1) is 12.4 Å². The molecule has 26 heavy (non-hydrogen) atoms. The molecule has 0 aromatic carbocycles. The Morgan fingerprint density at radius 2 is 1.92 bits per heavy atom. The lowest BCUT2D eigenvalue weighted by molar-refractivity contribution is 0.116. The van der Waals surface area contributed by atoms with Crippen LogP contribution >= 0.6 is 12.4 Å². The van der Waals surface area contributed by atoms with Gasteiger partial charge in [-0.3, -0.25) is 0 Å². The van der Waals surface area contributed by atoms with E-state index in [9.17, 15) is 5.11 Å². The van der Waals surface area contributed by atoms with Crippen molar-refractivity contribution >= 4 is 41.2 Å². The van der Waals surface area contributed by atoms with Crippen LogP contribution < -0.4 is 15.5 Å². The van der Waals surface area contributed by atoms with Crippen molar-refractivity contribution in [1.82, 2.24) is 19.9 Å². The minimum atomic E-state index is -0.349. The van der Waals surface area contributed by atoms with E-state index in [1.807, 2.05) is 19.0 Å². The Kier molecular flexibility index (Phi) is 7.16. The lowest BCUT2D eigenvalue weighted by atomic mass is 9.93. The van der Waals surface area contributed by atoms with Crippen molar-refractivity contribution in [3.63, 3.8) is 0 Å². The first-order valence-electron chi connectivity index (χ1n) is 8.99. The summed E-state index contributed by atoms with van der Waals surface area (Å²) in [4.78, 5) is 20.0. The fourth-order valence-corrected chi connectivity index (χ4v) is 3.06. The number of fused-ring (bicyclic) bond motifs is 1. The number of hydrogen-bond donors (Lipinski definition) is 3. The van der Waals surface area contributed by atoms with E-state index in [0.29, 0.717) is 22.9 Å². The number of aromatic nitrogens is 4. The van der Waals surface area contributed by atoms with E-state index in [2.05, 4.69) is 37.5 Å². The van der Waals surface area contributed by atoms with Crippen molar-refractivity contribution in [2.75, 3.05) is 36.2 Å². The SMILES string of the molecule is CCCNc1nc(N(C)C)c2nc(N[C@@H]3CCCC[C@@H]3O)ncc2n1.Cl. The standard InChI is InChI=1S/C17H27N7O.ClH/c1-4-9-18-16-21-12-10-19-17(20-11-7-5-6-8-13(11)25)22-14(12)15(23-16)24(2)3;/h10-11,13,25H,4-9H2,1-3H3,(H,18,21,23)(H,19,20,22);1H/t11-,13+;/m1./s1. The minimum absolute atomic E-state index is 0. The average Bonchev–Trinajstić information content (AvgIpc) is 2.61. The van der Waals surface area contributed by atoms with Crippen LogP contribution in [0, 0.1) is 0 Å². The van der Waals surface area contributed by atoms with Gasteiger partial charge in [-0.25, -0.2) is 15.0 Å². The number of hydrogen-bond acceptors (Lipinski definition) is 8. The molecule has 1 saturated carbocycles. The van der Waals surface area contributed by atoms with Gasteiger partial charge >= 0.3 is 0 Å². The van der Waals surface area contributed by atoms with Crippen LogP contribution in [-0.4, -0.2) is 57.8 Å². The molecule has 0 unspecified atom stereocenters. The highest BCUT2D eigenvalue weighted by atomic mass is 35.5. The molecule has 1 aliphatic rings. The summed E-state index contributed by atoms with van der Waals surface area (Å²) in [5.41, 5.74) is 1.40. The van der Waals surface area contributed by atoms with E-state index in [1.54, 1.807) is 6.20 Å². The van der Waals surface area contributed by atoms with Gasteiger partial charge in [-0.05, 0) is 19.3 Å². The molecule has 2 heterocycles. The van der Waals surface area contributed by atoms with Crippen molar-refractivity contribution in [3.05, 3.63) is 6.20 Å². The molecular formula is C17H28ClN7O. The Hall–Kier alpha value is -1.93. The zero-order chi connectivity index (χ0) is 17.8.